The largest absolute Gasteiger partial charge is 0.367 e. The van der Waals surface area contributed by atoms with E-state index < -0.39 is 0 Å². The minimum Gasteiger partial charge on any atom is -0.367 e. The molecule has 1 saturated heterocycles. The van der Waals surface area contributed by atoms with Crippen molar-refractivity contribution in [2.75, 3.05) is 18.0 Å². The van der Waals surface area contributed by atoms with Crippen molar-refractivity contribution < 1.29 is 4.79 Å². The van der Waals surface area contributed by atoms with Crippen LogP contribution < -0.4 is 10.2 Å². The van der Waals surface area contributed by atoms with Gasteiger partial charge in [0.15, 0.2) is 0 Å². The van der Waals surface area contributed by atoms with E-state index in [0.29, 0.717) is 5.56 Å². The Labute approximate surface area is 140 Å². The van der Waals surface area contributed by atoms with Crippen LogP contribution >= 0.6 is 0 Å². The maximum absolute atomic E-state index is 12.4. The Kier molecular flexibility index (Phi) is 3.61. The second kappa shape index (κ2) is 5.92. The van der Waals surface area contributed by atoms with Crippen LogP contribution in [0.25, 0.3) is 10.9 Å². The topological polar surface area (TPSA) is 58.1 Å². The molecule has 1 aliphatic rings. The molecule has 0 spiro atoms. The minimum absolute atomic E-state index is 0.0646. The van der Waals surface area contributed by atoms with E-state index in [1.165, 1.54) is 0 Å². The summed E-state index contributed by atoms with van der Waals surface area (Å²) in [7, 11) is 0. The molecule has 1 aromatic carbocycles. The number of nitrogens with zero attached hydrogens (tertiary/aromatic N) is 3. The fraction of sp³-hybridized carbons (Fsp3) is 0.211. The molecule has 3 heterocycles. The zero-order chi connectivity index (χ0) is 16.5. The minimum atomic E-state index is -0.0646. The number of fused-ring (bicyclic) bond motifs is 1. The van der Waals surface area contributed by atoms with Crippen molar-refractivity contribution in [2.24, 2.45) is 0 Å². The molecule has 0 radical (unpaired) electrons. The first-order valence-corrected chi connectivity index (χ1v) is 8.01. The maximum Gasteiger partial charge on any atom is 0.253 e. The molecule has 1 aliphatic heterocycles. The molecule has 5 heteroatoms. The highest BCUT2D eigenvalue weighted by Gasteiger charge is 2.28. The molecule has 0 unspecified atom stereocenters. The van der Waals surface area contributed by atoms with Crippen LogP contribution in [0.4, 0.5) is 5.69 Å². The normalized spacial score (nSPS) is 14.5. The fourth-order valence-electron chi connectivity index (χ4n) is 2.98. The number of nitrogens with one attached hydrogen (secondary N) is 1. The Morgan fingerprint density at radius 3 is 2.75 bits per heavy atom. The van der Waals surface area contributed by atoms with Crippen LogP contribution in [0, 0.1) is 6.92 Å². The van der Waals surface area contributed by atoms with E-state index >= 15 is 0 Å². The average Bonchev–Trinajstić information content (AvgIpc) is 2.57. The first-order valence-electron chi connectivity index (χ1n) is 8.01. The van der Waals surface area contributed by atoms with E-state index in [4.69, 9.17) is 0 Å². The highest BCUT2D eigenvalue weighted by atomic mass is 16.1. The maximum atomic E-state index is 12.4. The number of hydrogen-bond donors (Lipinski definition) is 1. The third-order valence-electron chi connectivity index (χ3n) is 4.34. The van der Waals surface area contributed by atoms with E-state index in [1.807, 2.05) is 43.3 Å². The van der Waals surface area contributed by atoms with Gasteiger partial charge in [0.1, 0.15) is 0 Å². The molecule has 2 aromatic heterocycles. The van der Waals surface area contributed by atoms with Crippen LogP contribution in [-0.2, 0) is 0 Å². The summed E-state index contributed by atoms with van der Waals surface area (Å²) >= 11 is 0. The van der Waals surface area contributed by atoms with Gasteiger partial charge in [0.05, 0.1) is 17.1 Å². The first kappa shape index (κ1) is 14.6. The summed E-state index contributed by atoms with van der Waals surface area (Å²) in [6, 6.07) is 12.1. The lowest BCUT2D eigenvalue weighted by Gasteiger charge is -2.41. The molecule has 1 amide bonds. The number of aromatic nitrogens is 2. The highest BCUT2D eigenvalue weighted by molar-refractivity contribution is 5.97. The van der Waals surface area contributed by atoms with Gasteiger partial charge in [-0.15, -0.1) is 0 Å². The lowest BCUT2D eigenvalue weighted by molar-refractivity contribution is 0.0930. The van der Waals surface area contributed by atoms with Gasteiger partial charge < -0.3 is 10.2 Å². The number of anilines is 1. The molecule has 120 valence electrons. The summed E-state index contributed by atoms with van der Waals surface area (Å²) in [5, 5.41) is 4.07. The lowest BCUT2D eigenvalue weighted by atomic mass is 10.1. The van der Waals surface area contributed by atoms with Crippen LogP contribution in [0.2, 0.25) is 0 Å². The van der Waals surface area contributed by atoms with Crippen molar-refractivity contribution in [1.29, 1.82) is 0 Å². The van der Waals surface area contributed by atoms with Gasteiger partial charge in [0.25, 0.3) is 5.91 Å². The Morgan fingerprint density at radius 2 is 1.96 bits per heavy atom. The molecule has 24 heavy (non-hydrogen) atoms. The number of benzene rings is 1. The molecular formula is C19H18N4O. The molecule has 3 aromatic rings. The number of aryl methyl sites for hydroxylation is 1. The van der Waals surface area contributed by atoms with Gasteiger partial charge in [0.2, 0.25) is 0 Å². The first-order chi connectivity index (χ1) is 11.7. The van der Waals surface area contributed by atoms with E-state index in [2.05, 4.69) is 20.2 Å². The standard InChI is InChI=1S/C19H18N4O/c1-13-2-3-18-14(8-13)9-15(10-21-18)19(24)22-16-11-23(12-16)17-4-6-20-7-5-17/h2-10,16H,11-12H2,1H3,(H,22,24). The summed E-state index contributed by atoms with van der Waals surface area (Å²) < 4.78 is 0. The van der Waals surface area contributed by atoms with E-state index in [1.54, 1.807) is 18.6 Å². The van der Waals surface area contributed by atoms with E-state index in [-0.39, 0.29) is 11.9 Å². The van der Waals surface area contributed by atoms with Gasteiger partial charge in [-0.2, -0.15) is 0 Å². The predicted octanol–water partition coefficient (Wildman–Crippen LogP) is 2.56. The number of carbonyl (C=O) groups excluding carboxylic acids is 1. The van der Waals surface area contributed by atoms with Crippen molar-refractivity contribution in [2.45, 2.75) is 13.0 Å². The number of carbonyl (C=O) groups is 1. The van der Waals surface area contributed by atoms with Crippen molar-refractivity contribution in [1.82, 2.24) is 15.3 Å². The van der Waals surface area contributed by atoms with Crippen molar-refractivity contribution in [3.05, 3.63) is 66.1 Å². The van der Waals surface area contributed by atoms with Gasteiger partial charge >= 0.3 is 0 Å². The van der Waals surface area contributed by atoms with Crippen molar-refractivity contribution in [3.8, 4) is 0 Å². The quantitative estimate of drug-likeness (QED) is 0.806. The number of hydrogen-bond acceptors (Lipinski definition) is 4. The van der Waals surface area contributed by atoms with Crippen LogP contribution in [0.1, 0.15) is 15.9 Å². The Bertz CT molecular complexity index is 888. The molecule has 1 fully saturated rings. The summed E-state index contributed by atoms with van der Waals surface area (Å²) in [6.45, 7) is 3.67. The zero-order valence-electron chi connectivity index (χ0n) is 13.4. The summed E-state index contributed by atoms with van der Waals surface area (Å²) in [5.74, 6) is -0.0646. The third kappa shape index (κ3) is 2.80. The summed E-state index contributed by atoms with van der Waals surface area (Å²) in [4.78, 5) is 23.1. The molecule has 4 rings (SSSR count). The monoisotopic (exact) mass is 318 g/mol. The van der Waals surface area contributed by atoms with Gasteiger partial charge in [-0.25, -0.2) is 0 Å². The number of amides is 1. The van der Waals surface area contributed by atoms with Gasteiger partial charge in [-0.3, -0.25) is 14.8 Å². The zero-order valence-corrected chi connectivity index (χ0v) is 13.4. The SMILES string of the molecule is Cc1ccc2ncc(C(=O)NC3CN(c4ccncc4)C3)cc2c1. The lowest BCUT2D eigenvalue weighted by Crippen LogP contribution is -2.59. The second-order valence-corrected chi connectivity index (χ2v) is 6.20. The third-order valence-corrected chi connectivity index (χ3v) is 4.34. The summed E-state index contributed by atoms with van der Waals surface area (Å²) in [6.07, 6.45) is 5.21. The molecule has 0 aliphatic carbocycles. The van der Waals surface area contributed by atoms with Gasteiger partial charge in [0, 0.05) is 42.8 Å². The van der Waals surface area contributed by atoms with Gasteiger partial charge in [-0.1, -0.05) is 11.6 Å². The highest BCUT2D eigenvalue weighted by Crippen LogP contribution is 2.20. The van der Waals surface area contributed by atoms with Crippen LogP contribution in [-0.4, -0.2) is 35.0 Å². The molecule has 0 atom stereocenters. The molecule has 1 N–H and O–H groups in total. The Hall–Kier alpha value is -2.95. The predicted molar refractivity (Wildman–Crippen MR) is 94.2 cm³/mol. The average molecular weight is 318 g/mol. The van der Waals surface area contributed by atoms with Gasteiger partial charge in [-0.05, 0) is 37.3 Å². The Morgan fingerprint density at radius 1 is 1.17 bits per heavy atom. The smallest absolute Gasteiger partial charge is 0.253 e. The number of rotatable bonds is 3. The van der Waals surface area contributed by atoms with Crippen molar-refractivity contribution >= 4 is 22.5 Å². The molecule has 5 nitrogen and oxygen atoms in total. The Balaban J connectivity index is 1.42. The van der Waals surface area contributed by atoms with Crippen LogP contribution in [0.15, 0.2) is 55.0 Å². The van der Waals surface area contributed by atoms with E-state index in [9.17, 15) is 4.79 Å². The summed E-state index contributed by atoms with van der Waals surface area (Å²) in [5.41, 5.74) is 3.81. The molecule has 0 saturated carbocycles. The number of pyridine rings is 2. The van der Waals surface area contributed by atoms with Crippen LogP contribution in [0.3, 0.4) is 0 Å². The van der Waals surface area contributed by atoms with E-state index in [0.717, 1.165) is 35.2 Å². The second-order valence-electron chi connectivity index (χ2n) is 6.20. The fourth-order valence-corrected chi connectivity index (χ4v) is 2.98. The van der Waals surface area contributed by atoms with Crippen LogP contribution in [0.5, 0.6) is 0 Å². The van der Waals surface area contributed by atoms with Crippen molar-refractivity contribution in [3.63, 3.8) is 0 Å². The molecule has 0 bridgehead atoms. The molecular weight excluding hydrogens is 300 g/mol.